The van der Waals surface area contributed by atoms with Gasteiger partial charge in [-0.25, -0.2) is 0 Å². The van der Waals surface area contributed by atoms with Gasteiger partial charge in [0.25, 0.3) is 5.91 Å². The van der Waals surface area contributed by atoms with Crippen molar-refractivity contribution >= 4 is 23.4 Å². The Morgan fingerprint density at radius 3 is 2.80 bits per heavy atom. The minimum atomic E-state index is -0.436. The first-order chi connectivity index (χ1) is 9.54. The molecule has 1 aliphatic heterocycles. The number of carbonyl (C=O) groups is 2. The van der Waals surface area contributed by atoms with Crippen LogP contribution in [0.5, 0.6) is 5.75 Å². The Kier molecular flexibility index (Phi) is 4.49. The molecule has 108 valence electrons. The number of hydrogen-bond acceptors (Lipinski definition) is 3. The van der Waals surface area contributed by atoms with Crippen molar-refractivity contribution in [2.45, 2.75) is 25.3 Å². The smallest absolute Gasteiger partial charge is 0.254 e. The average molecular weight is 297 g/mol. The lowest BCUT2D eigenvalue weighted by atomic mass is 10.00. The summed E-state index contributed by atoms with van der Waals surface area (Å²) in [6, 6.07) is 3.89. The molecule has 1 atom stereocenters. The van der Waals surface area contributed by atoms with Gasteiger partial charge in [-0.05, 0) is 37.5 Å². The standard InChI is InChI=1S/C14H17ClN2O3/c1-16-13(19)11-4-2-3-7-17(11)14(20)9-5-6-12(18)10(15)8-9/h5-6,8,11,18H,2-4,7H2,1H3,(H,16,19). The van der Waals surface area contributed by atoms with Gasteiger partial charge in [-0.1, -0.05) is 11.6 Å². The molecule has 1 aromatic carbocycles. The van der Waals surface area contributed by atoms with Crippen LogP contribution in [0.2, 0.25) is 5.02 Å². The number of carbonyl (C=O) groups excluding carboxylic acids is 2. The molecule has 0 aliphatic carbocycles. The van der Waals surface area contributed by atoms with Crippen LogP contribution >= 0.6 is 11.6 Å². The summed E-state index contributed by atoms with van der Waals surface area (Å²) >= 11 is 5.82. The van der Waals surface area contributed by atoms with Gasteiger partial charge in [0.15, 0.2) is 0 Å². The van der Waals surface area contributed by atoms with E-state index in [2.05, 4.69) is 5.32 Å². The van der Waals surface area contributed by atoms with Gasteiger partial charge in [0.2, 0.25) is 5.91 Å². The molecule has 1 aliphatic rings. The lowest BCUT2D eigenvalue weighted by Crippen LogP contribution is -2.51. The number of phenolic OH excluding ortho intramolecular Hbond substituents is 1. The van der Waals surface area contributed by atoms with Crippen LogP contribution in [0.3, 0.4) is 0 Å². The molecule has 2 rings (SSSR count). The zero-order chi connectivity index (χ0) is 14.7. The van der Waals surface area contributed by atoms with E-state index in [1.54, 1.807) is 11.9 Å². The summed E-state index contributed by atoms with van der Waals surface area (Å²) in [7, 11) is 1.57. The average Bonchev–Trinajstić information content (AvgIpc) is 2.48. The van der Waals surface area contributed by atoms with Crippen LogP contribution in [0.4, 0.5) is 0 Å². The van der Waals surface area contributed by atoms with Gasteiger partial charge in [-0.2, -0.15) is 0 Å². The molecule has 0 radical (unpaired) electrons. The predicted octanol–water partition coefficient (Wildman–Crippen LogP) is 1.79. The Bertz CT molecular complexity index is 533. The molecular weight excluding hydrogens is 280 g/mol. The van der Waals surface area contributed by atoms with E-state index in [0.717, 1.165) is 12.8 Å². The fraction of sp³-hybridized carbons (Fsp3) is 0.429. The second-order valence-corrected chi connectivity index (χ2v) is 5.20. The Balaban J connectivity index is 2.25. The molecule has 20 heavy (non-hydrogen) atoms. The van der Waals surface area contributed by atoms with Gasteiger partial charge in [0.1, 0.15) is 11.8 Å². The van der Waals surface area contributed by atoms with E-state index in [4.69, 9.17) is 11.6 Å². The van der Waals surface area contributed by atoms with Gasteiger partial charge >= 0.3 is 0 Å². The normalized spacial score (nSPS) is 18.7. The number of phenols is 1. The van der Waals surface area contributed by atoms with Crippen molar-refractivity contribution in [2.75, 3.05) is 13.6 Å². The fourth-order valence-electron chi connectivity index (χ4n) is 2.42. The number of likely N-dealkylation sites (N-methyl/N-ethyl adjacent to an activating group) is 1. The fourth-order valence-corrected chi connectivity index (χ4v) is 2.60. The molecule has 0 spiro atoms. The lowest BCUT2D eigenvalue weighted by Gasteiger charge is -2.34. The molecule has 0 aromatic heterocycles. The quantitative estimate of drug-likeness (QED) is 0.874. The van der Waals surface area contributed by atoms with E-state index in [-0.39, 0.29) is 22.6 Å². The zero-order valence-corrected chi connectivity index (χ0v) is 12.0. The predicted molar refractivity (Wildman–Crippen MR) is 75.9 cm³/mol. The van der Waals surface area contributed by atoms with E-state index in [0.29, 0.717) is 18.5 Å². The highest BCUT2D eigenvalue weighted by Gasteiger charge is 2.32. The molecule has 1 unspecified atom stereocenters. The van der Waals surface area contributed by atoms with E-state index < -0.39 is 6.04 Å². The summed E-state index contributed by atoms with van der Waals surface area (Å²) in [5.41, 5.74) is 0.378. The van der Waals surface area contributed by atoms with Crippen molar-refractivity contribution in [1.29, 1.82) is 0 Å². The second kappa shape index (κ2) is 6.13. The number of nitrogens with one attached hydrogen (secondary N) is 1. The lowest BCUT2D eigenvalue weighted by molar-refractivity contribution is -0.126. The number of amides is 2. The van der Waals surface area contributed by atoms with E-state index in [1.165, 1.54) is 18.2 Å². The monoisotopic (exact) mass is 296 g/mol. The van der Waals surface area contributed by atoms with Crippen molar-refractivity contribution < 1.29 is 14.7 Å². The summed E-state index contributed by atoms with van der Waals surface area (Å²) in [5, 5.41) is 12.1. The van der Waals surface area contributed by atoms with Crippen LogP contribution in [0, 0.1) is 0 Å². The van der Waals surface area contributed by atoms with E-state index >= 15 is 0 Å². The highest BCUT2D eigenvalue weighted by Crippen LogP contribution is 2.26. The van der Waals surface area contributed by atoms with Gasteiger partial charge < -0.3 is 15.3 Å². The molecule has 2 N–H and O–H groups in total. The van der Waals surface area contributed by atoms with Gasteiger partial charge in [0, 0.05) is 19.2 Å². The van der Waals surface area contributed by atoms with Crippen molar-refractivity contribution in [3.8, 4) is 5.75 Å². The number of likely N-dealkylation sites (tertiary alicyclic amines) is 1. The van der Waals surface area contributed by atoms with Gasteiger partial charge in [0.05, 0.1) is 5.02 Å². The van der Waals surface area contributed by atoms with E-state index in [9.17, 15) is 14.7 Å². The Morgan fingerprint density at radius 2 is 2.15 bits per heavy atom. The molecular formula is C14H17ClN2O3. The topological polar surface area (TPSA) is 69.6 Å². The molecule has 5 nitrogen and oxygen atoms in total. The summed E-state index contributed by atoms with van der Waals surface area (Å²) in [6.45, 7) is 0.551. The first-order valence-electron chi connectivity index (χ1n) is 6.55. The molecule has 1 heterocycles. The maximum Gasteiger partial charge on any atom is 0.254 e. The van der Waals surface area contributed by atoms with Crippen LogP contribution < -0.4 is 5.32 Å². The SMILES string of the molecule is CNC(=O)C1CCCCN1C(=O)c1ccc(O)c(Cl)c1. The molecule has 6 heteroatoms. The number of rotatable bonds is 2. The molecule has 0 bridgehead atoms. The van der Waals surface area contributed by atoms with Crippen LogP contribution in [0.1, 0.15) is 29.6 Å². The first kappa shape index (κ1) is 14.7. The molecule has 0 saturated carbocycles. The Labute approximate surface area is 122 Å². The highest BCUT2D eigenvalue weighted by molar-refractivity contribution is 6.32. The summed E-state index contributed by atoms with van der Waals surface area (Å²) < 4.78 is 0. The second-order valence-electron chi connectivity index (χ2n) is 4.79. The first-order valence-corrected chi connectivity index (χ1v) is 6.93. The number of benzene rings is 1. The minimum Gasteiger partial charge on any atom is -0.506 e. The van der Waals surface area contributed by atoms with Crippen LogP contribution in [0.25, 0.3) is 0 Å². The van der Waals surface area contributed by atoms with Crippen molar-refractivity contribution in [1.82, 2.24) is 10.2 Å². The molecule has 1 aromatic rings. The Morgan fingerprint density at radius 1 is 1.40 bits per heavy atom. The number of hydrogen-bond donors (Lipinski definition) is 2. The summed E-state index contributed by atoms with van der Waals surface area (Å²) in [6.07, 6.45) is 2.47. The maximum absolute atomic E-state index is 12.5. The van der Waals surface area contributed by atoms with Crippen LogP contribution in [-0.2, 0) is 4.79 Å². The number of piperidine rings is 1. The highest BCUT2D eigenvalue weighted by atomic mass is 35.5. The van der Waals surface area contributed by atoms with Crippen molar-refractivity contribution in [2.24, 2.45) is 0 Å². The van der Waals surface area contributed by atoms with Crippen molar-refractivity contribution in [3.05, 3.63) is 28.8 Å². The largest absolute Gasteiger partial charge is 0.506 e. The minimum absolute atomic E-state index is 0.0651. The summed E-state index contributed by atoms with van der Waals surface area (Å²) in [5.74, 6) is -0.451. The van der Waals surface area contributed by atoms with Gasteiger partial charge in [-0.15, -0.1) is 0 Å². The Hall–Kier alpha value is -1.75. The number of nitrogens with zero attached hydrogens (tertiary/aromatic N) is 1. The number of halogens is 1. The summed E-state index contributed by atoms with van der Waals surface area (Å²) in [4.78, 5) is 25.9. The van der Waals surface area contributed by atoms with Crippen LogP contribution in [0.15, 0.2) is 18.2 Å². The third-order valence-electron chi connectivity index (χ3n) is 3.51. The van der Waals surface area contributed by atoms with Gasteiger partial charge in [-0.3, -0.25) is 9.59 Å². The van der Waals surface area contributed by atoms with Crippen LogP contribution in [-0.4, -0.2) is 41.5 Å². The maximum atomic E-state index is 12.5. The van der Waals surface area contributed by atoms with Crippen molar-refractivity contribution in [3.63, 3.8) is 0 Å². The molecule has 1 fully saturated rings. The number of aromatic hydroxyl groups is 1. The zero-order valence-electron chi connectivity index (χ0n) is 11.2. The van der Waals surface area contributed by atoms with E-state index in [1.807, 2.05) is 0 Å². The molecule has 2 amide bonds. The molecule has 1 saturated heterocycles. The third-order valence-corrected chi connectivity index (χ3v) is 3.81. The third kappa shape index (κ3) is 2.88.